The van der Waals surface area contributed by atoms with Crippen LogP contribution < -0.4 is 0 Å². The predicted octanol–water partition coefficient (Wildman–Crippen LogP) is 12.0. The van der Waals surface area contributed by atoms with Gasteiger partial charge in [-0.3, -0.25) is 9.97 Å². The van der Waals surface area contributed by atoms with E-state index in [0.717, 1.165) is 83.3 Å². The van der Waals surface area contributed by atoms with Crippen molar-refractivity contribution in [2.75, 3.05) is 0 Å². The summed E-state index contributed by atoms with van der Waals surface area (Å²) < 4.78 is 0. The van der Waals surface area contributed by atoms with E-state index in [1.54, 1.807) is 12.4 Å². The minimum atomic E-state index is 0.639. The van der Waals surface area contributed by atoms with E-state index in [-0.39, 0.29) is 0 Å². The van der Waals surface area contributed by atoms with Gasteiger partial charge in [0.05, 0.1) is 22.8 Å². The van der Waals surface area contributed by atoms with Gasteiger partial charge in [-0.1, -0.05) is 127 Å². The summed E-state index contributed by atoms with van der Waals surface area (Å²) in [5.74, 6) is 1.92. The molecule has 0 aliphatic heterocycles. The summed E-state index contributed by atoms with van der Waals surface area (Å²) in [5.41, 5.74) is 10.5. The number of fused-ring (bicyclic) bond motifs is 2. The molecule has 0 N–H and O–H groups in total. The standard InChI is InChI=1S/C50H32N6/c1-3-13-33(14-4-1)48-54-49(34-15-5-2-6-16-34)56-50(55-48)43-26-25-40(41-17-7-8-18-42(41)43)38-24-23-35-29-37(22-21-36(35)30-38)39-31-46(44-19-9-11-27-51-44)53-47(32-39)45-20-10-12-28-52-45/h1-32H. The molecule has 0 amide bonds. The van der Waals surface area contributed by atoms with Crippen LogP contribution in [-0.2, 0) is 0 Å². The number of rotatable bonds is 7. The Kier molecular flexibility index (Phi) is 8.39. The van der Waals surface area contributed by atoms with Gasteiger partial charge in [0.25, 0.3) is 0 Å². The van der Waals surface area contributed by atoms with Gasteiger partial charge in [-0.25, -0.2) is 19.9 Å². The summed E-state index contributed by atoms with van der Waals surface area (Å²) in [6, 6.07) is 62.3. The average molecular weight is 717 g/mol. The van der Waals surface area contributed by atoms with Gasteiger partial charge in [0.2, 0.25) is 0 Å². The number of hydrogen-bond donors (Lipinski definition) is 0. The minimum Gasteiger partial charge on any atom is -0.255 e. The molecule has 0 saturated heterocycles. The third-order valence-electron chi connectivity index (χ3n) is 10.0. The minimum absolute atomic E-state index is 0.639. The van der Waals surface area contributed by atoms with Gasteiger partial charge >= 0.3 is 0 Å². The van der Waals surface area contributed by atoms with E-state index in [0.29, 0.717) is 17.5 Å². The summed E-state index contributed by atoms with van der Waals surface area (Å²) in [5, 5.41) is 4.51. The molecule has 10 rings (SSSR count). The predicted molar refractivity (Wildman–Crippen MR) is 226 cm³/mol. The number of aromatic nitrogens is 6. The zero-order chi connectivity index (χ0) is 37.3. The van der Waals surface area contributed by atoms with Crippen LogP contribution in [0.5, 0.6) is 0 Å². The van der Waals surface area contributed by atoms with Crippen LogP contribution in [0.4, 0.5) is 0 Å². The van der Waals surface area contributed by atoms with Crippen LogP contribution in [0.15, 0.2) is 194 Å². The van der Waals surface area contributed by atoms with Crippen LogP contribution in [0.2, 0.25) is 0 Å². The molecule has 0 unspecified atom stereocenters. The Hall–Kier alpha value is -7.70. The molecule has 0 saturated carbocycles. The van der Waals surface area contributed by atoms with E-state index in [1.807, 2.05) is 97.1 Å². The normalized spacial score (nSPS) is 11.2. The van der Waals surface area contributed by atoms with Gasteiger partial charge in [-0.05, 0) is 98.4 Å². The lowest BCUT2D eigenvalue weighted by Crippen LogP contribution is -2.00. The van der Waals surface area contributed by atoms with Crippen molar-refractivity contribution >= 4 is 21.5 Å². The fraction of sp³-hybridized carbons (Fsp3) is 0. The van der Waals surface area contributed by atoms with Gasteiger partial charge in [-0.2, -0.15) is 0 Å². The fourth-order valence-corrected chi connectivity index (χ4v) is 7.26. The summed E-state index contributed by atoms with van der Waals surface area (Å²) in [6.07, 6.45) is 3.59. The maximum atomic E-state index is 5.04. The fourth-order valence-electron chi connectivity index (χ4n) is 7.26. The zero-order valence-electron chi connectivity index (χ0n) is 30.2. The van der Waals surface area contributed by atoms with Crippen molar-refractivity contribution in [3.05, 3.63) is 194 Å². The highest BCUT2D eigenvalue weighted by molar-refractivity contribution is 6.05. The zero-order valence-corrected chi connectivity index (χ0v) is 30.2. The lowest BCUT2D eigenvalue weighted by molar-refractivity contribution is 1.08. The molecule has 6 nitrogen and oxygen atoms in total. The second-order valence-corrected chi connectivity index (χ2v) is 13.6. The smallest absolute Gasteiger partial charge is 0.164 e. The maximum Gasteiger partial charge on any atom is 0.164 e. The highest BCUT2D eigenvalue weighted by Gasteiger charge is 2.17. The SMILES string of the molecule is c1ccc(-c2nc(-c3ccccc3)nc(-c3ccc(-c4ccc5cc(-c6cc(-c7ccccn7)nc(-c7ccccn7)c6)ccc5c4)c4ccccc34)n2)cc1. The van der Waals surface area contributed by atoms with Crippen molar-refractivity contribution in [2.45, 2.75) is 0 Å². The second-order valence-electron chi connectivity index (χ2n) is 13.6. The summed E-state index contributed by atoms with van der Waals surface area (Å²) in [7, 11) is 0. The molecule has 56 heavy (non-hydrogen) atoms. The molecule has 0 bridgehead atoms. The van der Waals surface area contributed by atoms with Gasteiger partial charge < -0.3 is 0 Å². The number of pyridine rings is 3. The van der Waals surface area contributed by atoms with Crippen LogP contribution in [-0.4, -0.2) is 29.9 Å². The van der Waals surface area contributed by atoms with Crippen LogP contribution in [0.3, 0.4) is 0 Å². The lowest BCUT2D eigenvalue weighted by atomic mass is 9.92. The van der Waals surface area contributed by atoms with Crippen molar-refractivity contribution in [1.29, 1.82) is 0 Å². The average Bonchev–Trinajstić information content (AvgIpc) is 3.29. The Morgan fingerprint density at radius 2 is 0.750 bits per heavy atom. The summed E-state index contributed by atoms with van der Waals surface area (Å²) >= 11 is 0. The molecule has 0 radical (unpaired) electrons. The molecular formula is C50H32N6. The molecule has 6 aromatic carbocycles. The maximum absolute atomic E-state index is 5.04. The first-order chi connectivity index (χ1) is 27.7. The number of hydrogen-bond acceptors (Lipinski definition) is 6. The molecule has 6 heteroatoms. The first kappa shape index (κ1) is 32.9. The van der Waals surface area contributed by atoms with E-state index in [2.05, 4.69) is 94.9 Å². The third kappa shape index (κ3) is 6.35. The van der Waals surface area contributed by atoms with Crippen LogP contribution in [0.25, 0.3) is 101 Å². The molecule has 0 aliphatic carbocycles. The molecule has 4 aromatic heterocycles. The first-order valence-electron chi connectivity index (χ1n) is 18.5. The second kappa shape index (κ2) is 14.3. The third-order valence-corrected chi connectivity index (χ3v) is 10.0. The lowest BCUT2D eigenvalue weighted by Gasteiger charge is -2.14. The molecule has 0 spiro atoms. The molecule has 4 heterocycles. The van der Waals surface area contributed by atoms with Crippen LogP contribution in [0.1, 0.15) is 0 Å². The van der Waals surface area contributed by atoms with Crippen LogP contribution in [0, 0.1) is 0 Å². The van der Waals surface area contributed by atoms with Crippen molar-refractivity contribution in [3.63, 3.8) is 0 Å². The monoisotopic (exact) mass is 716 g/mol. The highest BCUT2D eigenvalue weighted by atomic mass is 15.0. The molecule has 0 aliphatic rings. The van der Waals surface area contributed by atoms with Crippen molar-refractivity contribution < 1.29 is 0 Å². The van der Waals surface area contributed by atoms with E-state index in [9.17, 15) is 0 Å². The first-order valence-corrected chi connectivity index (χ1v) is 18.5. The van der Waals surface area contributed by atoms with Gasteiger partial charge in [0, 0.05) is 29.1 Å². The van der Waals surface area contributed by atoms with Crippen molar-refractivity contribution in [3.8, 4) is 79.2 Å². The Balaban J connectivity index is 1.05. The Morgan fingerprint density at radius 1 is 0.268 bits per heavy atom. The van der Waals surface area contributed by atoms with E-state index in [4.69, 9.17) is 19.9 Å². The molecule has 262 valence electrons. The largest absolute Gasteiger partial charge is 0.255 e. The van der Waals surface area contributed by atoms with Gasteiger partial charge in [-0.15, -0.1) is 0 Å². The number of nitrogens with zero attached hydrogens (tertiary/aromatic N) is 6. The quantitative estimate of drug-likeness (QED) is 0.163. The van der Waals surface area contributed by atoms with E-state index in [1.165, 1.54) is 0 Å². The molecule has 0 atom stereocenters. The molecular weight excluding hydrogens is 685 g/mol. The van der Waals surface area contributed by atoms with E-state index >= 15 is 0 Å². The Bertz CT molecular complexity index is 2890. The topological polar surface area (TPSA) is 77.3 Å². The highest BCUT2D eigenvalue weighted by Crippen LogP contribution is 2.38. The molecule has 0 fully saturated rings. The molecule has 10 aromatic rings. The van der Waals surface area contributed by atoms with Crippen molar-refractivity contribution in [1.82, 2.24) is 29.9 Å². The number of benzene rings is 6. The summed E-state index contributed by atoms with van der Waals surface area (Å²) in [6.45, 7) is 0. The Morgan fingerprint density at radius 3 is 1.32 bits per heavy atom. The summed E-state index contributed by atoms with van der Waals surface area (Å²) in [4.78, 5) is 29.1. The van der Waals surface area contributed by atoms with Crippen LogP contribution >= 0.6 is 0 Å². The van der Waals surface area contributed by atoms with Gasteiger partial charge in [0.1, 0.15) is 0 Å². The van der Waals surface area contributed by atoms with Crippen molar-refractivity contribution in [2.24, 2.45) is 0 Å². The van der Waals surface area contributed by atoms with E-state index < -0.39 is 0 Å². The van der Waals surface area contributed by atoms with Gasteiger partial charge in [0.15, 0.2) is 17.5 Å². The Labute approximate surface area is 324 Å².